The number of hydrogen-bond acceptors (Lipinski definition) is 2. The van der Waals surface area contributed by atoms with Crippen LogP contribution in [0.2, 0.25) is 0 Å². The molecule has 0 saturated carbocycles. The highest BCUT2D eigenvalue weighted by Gasteiger charge is 2.22. The number of likely N-dealkylation sites (tertiary alicyclic amines) is 1. The van der Waals surface area contributed by atoms with E-state index in [2.05, 4.69) is 91.3 Å². The molecule has 1 unspecified atom stereocenters. The molecule has 1 aliphatic heterocycles. The fourth-order valence-corrected chi connectivity index (χ4v) is 4.89. The molecular formula is C30H40N2. The maximum Gasteiger partial charge on any atom is 0.0299 e. The van der Waals surface area contributed by atoms with E-state index < -0.39 is 0 Å². The summed E-state index contributed by atoms with van der Waals surface area (Å²) in [6.07, 6.45) is 12.4. The second kappa shape index (κ2) is 12.4. The number of hydrogen-bond donors (Lipinski definition) is 0. The smallest absolute Gasteiger partial charge is 0.0299 e. The van der Waals surface area contributed by atoms with E-state index in [0.29, 0.717) is 5.92 Å². The summed E-state index contributed by atoms with van der Waals surface area (Å²) in [5, 5.41) is 0. The minimum absolute atomic E-state index is 0.572. The summed E-state index contributed by atoms with van der Waals surface area (Å²) in [4.78, 5) is 6.94. The van der Waals surface area contributed by atoms with E-state index >= 15 is 0 Å². The zero-order chi connectivity index (χ0) is 22.8. The minimum atomic E-state index is 0.572. The van der Waals surface area contributed by atoms with Gasteiger partial charge < -0.3 is 4.90 Å². The maximum atomic E-state index is 4.33. The first kappa shape index (κ1) is 24.0. The summed E-state index contributed by atoms with van der Waals surface area (Å²) in [7, 11) is 0. The molecule has 0 bridgehead atoms. The van der Waals surface area contributed by atoms with Crippen molar-refractivity contribution in [1.29, 1.82) is 0 Å². The van der Waals surface area contributed by atoms with Crippen molar-refractivity contribution in [2.75, 3.05) is 13.1 Å². The van der Waals surface area contributed by atoms with Gasteiger partial charge in [-0.15, -0.1) is 0 Å². The Bertz CT molecular complexity index is 915. The largest absolute Gasteiger partial charge is 0.375 e. The van der Waals surface area contributed by atoms with Crippen LogP contribution in [0.5, 0.6) is 0 Å². The molecule has 1 atom stereocenters. The molecule has 170 valence electrons. The fourth-order valence-electron chi connectivity index (χ4n) is 4.89. The molecule has 1 heterocycles. The molecule has 0 radical (unpaired) electrons. The van der Waals surface area contributed by atoms with Crippen LogP contribution in [0.15, 0.2) is 77.6 Å². The van der Waals surface area contributed by atoms with E-state index in [-0.39, 0.29) is 0 Å². The summed E-state index contributed by atoms with van der Waals surface area (Å²) in [5.41, 5.74) is 6.94. The highest BCUT2D eigenvalue weighted by Crippen LogP contribution is 2.32. The molecule has 0 amide bonds. The predicted molar refractivity (Wildman–Crippen MR) is 140 cm³/mol. The third kappa shape index (κ3) is 6.69. The molecule has 2 nitrogen and oxygen atoms in total. The molecule has 0 N–H and O–H groups in total. The topological polar surface area (TPSA) is 15.6 Å². The number of piperidine rings is 1. The van der Waals surface area contributed by atoms with Gasteiger partial charge in [0.1, 0.15) is 0 Å². The second-order valence-electron chi connectivity index (χ2n) is 9.16. The lowest BCUT2D eigenvalue weighted by atomic mass is 9.84. The minimum Gasteiger partial charge on any atom is -0.375 e. The van der Waals surface area contributed by atoms with Gasteiger partial charge in [-0.3, -0.25) is 4.99 Å². The van der Waals surface area contributed by atoms with Crippen LogP contribution in [0.25, 0.3) is 5.57 Å². The van der Waals surface area contributed by atoms with Crippen LogP contribution in [0, 0.1) is 5.92 Å². The monoisotopic (exact) mass is 428 g/mol. The number of rotatable bonds is 9. The fraction of sp³-hybridized carbons (Fsp3) is 0.433. The van der Waals surface area contributed by atoms with Crippen molar-refractivity contribution in [2.45, 2.75) is 65.7 Å². The van der Waals surface area contributed by atoms with Crippen LogP contribution in [-0.2, 0) is 6.42 Å². The van der Waals surface area contributed by atoms with Gasteiger partial charge in [-0.2, -0.15) is 0 Å². The lowest BCUT2D eigenvalue weighted by Crippen LogP contribution is -2.33. The van der Waals surface area contributed by atoms with E-state index in [9.17, 15) is 0 Å². The summed E-state index contributed by atoms with van der Waals surface area (Å²) < 4.78 is 0. The first-order chi connectivity index (χ1) is 15.6. The van der Waals surface area contributed by atoms with Gasteiger partial charge >= 0.3 is 0 Å². The lowest BCUT2D eigenvalue weighted by Gasteiger charge is -2.36. The maximum absolute atomic E-state index is 4.33. The number of allylic oxidation sites excluding steroid dienone is 3. The molecule has 1 aliphatic rings. The second-order valence-corrected chi connectivity index (χ2v) is 9.16. The van der Waals surface area contributed by atoms with Crippen LogP contribution in [0.1, 0.15) is 76.0 Å². The van der Waals surface area contributed by atoms with Gasteiger partial charge in [0, 0.05) is 37.6 Å². The Balaban J connectivity index is 1.52. The molecule has 32 heavy (non-hydrogen) atoms. The van der Waals surface area contributed by atoms with Gasteiger partial charge in [0.05, 0.1) is 0 Å². The van der Waals surface area contributed by atoms with Gasteiger partial charge in [-0.25, -0.2) is 0 Å². The van der Waals surface area contributed by atoms with E-state index in [4.69, 9.17) is 0 Å². The van der Waals surface area contributed by atoms with E-state index in [1.807, 2.05) is 19.3 Å². The Labute approximate surface area is 195 Å². The van der Waals surface area contributed by atoms with E-state index in [1.54, 1.807) is 0 Å². The predicted octanol–water partition coefficient (Wildman–Crippen LogP) is 7.88. The Morgan fingerprint density at radius 3 is 2.41 bits per heavy atom. The average molecular weight is 429 g/mol. The van der Waals surface area contributed by atoms with Crippen molar-refractivity contribution in [3.05, 3.63) is 89.3 Å². The Morgan fingerprint density at radius 2 is 1.72 bits per heavy atom. The van der Waals surface area contributed by atoms with Gasteiger partial charge in [0.25, 0.3) is 0 Å². The summed E-state index contributed by atoms with van der Waals surface area (Å²) in [5.74, 6) is 1.42. The van der Waals surface area contributed by atoms with Gasteiger partial charge in [0.15, 0.2) is 0 Å². The molecule has 0 spiro atoms. The SMILES string of the molecule is CC=N/C=C(\C)c1ccccc1C(C)CCC1CCN(/C(=C\C)Cc2ccccc2)CC1. The van der Waals surface area contributed by atoms with E-state index in [0.717, 1.165) is 12.3 Å². The molecule has 2 heteroatoms. The summed E-state index contributed by atoms with van der Waals surface area (Å²) in [6.45, 7) is 11.1. The highest BCUT2D eigenvalue weighted by molar-refractivity contribution is 5.68. The zero-order valence-electron chi connectivity index (χ0n) is 20.4. The summed E-state index contributed by atoms with van der Waals surface area (Å²) in [6, 6.07) is 19.7. The molecule has 0 aliphatic carbocycles. The zero-order valence-corrected chi connectivity index (χ0v) is 20.4. The van der Waals surface area contributed by atoms with Crippen molar-refractivity contribution >= 4 is 11.8 Å². The van der Waals surface area contributed by atoms with Crippen molar-refractivity contribution in [3.63, 3.8) is 0 Å². The normalized spacial score (nSPS) is 17.2. The lowest BCUT2D eigenvalue weighted by molar-refractivity contribution is 0.211. The van der Waals surface area contributed by atoms with Crippen molar-refractivity contribution < 1.29 is 0 Å². The van der Waals surface area contributed by atoms with Gasteiger partial charge in [-0.1, -0.05) is 67.6 Å². The van der Waals surface area contributed by atoms with Crippen LogP contribution >= 0.6 is 0 Å². The van der Waals surface area contributed by atoms with Crippen LogP contribution in [0.3, 0.4) is 0 Å². The molecule has 3 rings (SSSR count). The quantitative estimate of drug-likeness (QED) is 0.371. The molecular weight excluding hydrogens is 388 g/mol. The molecule has 2 aromatic rings. The number of aliphatic imine (C=N–C) groups is 1. The van der Waals surface area contributed by atoms with Crippen LogP contribution < -0.4 is 0 Å². The molecule has 1 saturated heterocycles. The molecule has 2 aromatic carbocycles. The standard InChI is InChI=1S/C30H40N2/c1-5-28(22-27-12-8-7-9-13-27)32-20-18-26(19-21-32)17-16-24(3)29-14-10-11-15-30(29)25(4)23-31-6-2/h5-15,23-24,26H,16-22H2,1-4H3/b25-23+,28-5-,31-6?. The van der Waals surface area contributed by atoms with Crippen molar-refractivity contribution in [2.24, 2.45) is 10.9 Å². The Hall–Kier alpha value is -2.61. The Kier molecular flexibility index (Phi) is 9.34. The highest BCUT2D eigenvalue weighted by atomic mass is 15.1. The van der Waals surface area contributed by atoms with Gasteiger partial charge in [0.2, 0.25) is 0 Å². The van der Waals surface area contributed by atoms with Crippen molar-refractivity contribution in [3.8, 4) is 0 Å². The van der Waals surface area contributed by atoms with Crippen LogP contribution in [0.4, 0.5) is 0 Å². The van der Waals surface area contributed by atoms with Crippen LogP contribution in [-0.4, -0.2) is 24.2 Å². The molecule has 1 fully saturated rings. The van der Waals surface area contributed by atoms with E-state index in [1.165, 1.54) is 66.7 Å². The molecule has 0 aromatic heterocycles. The first-order valence-corrected chi connectivity index (χ1v) is 12.3. The third-order valence-corrected chi connectivity index (χ3v) is 6.92. The summed E-state index contributed by atoms with van der Waals surface area (Å²) >= 11 is 0. The van der Waals surface area contributed by atoms with Crippen molar-refractivity contribution in [1.82, 2.24) is 4.90 Å². The third-order valence-electron chi connectivity index (χ3n) is 6.92. The number of nitrogens with zero attached hydrogens (tertiary/aromatic N) is 2. The van der Waals surface area contributed by atoms with Gasteiger partial charge in [-0.05, 0) is 80.6 Å². The number of benzene rings is 2. The first-order valence-electron chi connectivity index (χ1n) is 12.3. The Morgan fingerprint density at radius 1 is 1.03 bits per heavy atom. The average Bonchev–Trinajstić information content (AvgIpc) is 2.85.